The second-order valence-electron chi connectivity index (χ2n) is 11.5. The number of aliphatic carboxylic acids is 1. The van der Waals surface area contributed by atoms with Gasteiger partial charge in [0, 0.05) is 15.1 Å². The molecule has 51 heavy (non-hydrogen) atoms. The number of halogens is 7. The van der Waals surface area contributed by atoms with Crippen LogP contribution in [0.15, 0.2) is 72.8 Å². The van der Waals surface area contributed by atoms with Crippen molar-refractivity contribution in [1.82, 2.24) is 20.4 Å². The maximum atomic E-state index is 12.7. The van der Waals surface area contributed by atoms with Crippen LogP contribution >= 0.6 is 34.8 Å². The van der Waals surface area contributed by atoms with Gasteiger partial charge in [-0.05, 0) is 91.6 Å². The molecule has 7 rings (SSSR count). The number of carbonyl (C=O) groups is 3. The minimum Gasteiger partial charge on any atom is -0.481 e. The second-order valence-corrected chi connectivity index (χ2v) is 12.8. The van der Waals surface area contributed by atoms with E-state index in [0.29, 0.717) is 27.9 Å². The Balaban J connectivity index is 0.000000182. The molecule has 8 N–H and O–H groups in total. The number of carboxylic acids is 1. The van der Waals surface area contributed by atoms with Gasteiger partial charge in [-0.3, -0.25) is 31.5 Å². The average Bonchev–Trinajstić information content (AvgIpc) is 3.97. The molecule has 3 aliphatic carbocycles. The van der Waals surface area contributed by atoms with Crippen LogP contribution in [0.3, 0.4) is 0 Å². The maximum absolute atomic E-state index is 12.7. The predicted octanol–water partition coefficient (Wildman–Crippen LogP) is 5.79. The van der Waals surface area contributed by atoms with Crippen LogP contribution in [0.5, 0.6) is 0 Å². The van der Waals surface area contributed by atoms with E-state index in [-0.39, 0.29) is 11.3 Å². The van der Waals surface area contributed by atoms with Gasteiger partial charge >= 0.3 is 30.2 Å². The van der Waals surface area contributed by atoms with E-state index >= 15 is 0 Å². The summed E-state index contributed by atoms with van der Waals surface area (Å²) in [5, 5.41) is 10.9. The molecule has 0 spiro atoms. The van der Waals surface area contributed by atoms with E-state index in [1.54, 1.807) is 60.7 Å². The smallest absolute Gasteiger partial charge is 0.316 e. The quantitative estimate of drug-likeness (QED) is 0.0525. The lowest BCUT2D eigenvalue weighted by Crippen LogP contribution is -2.39. The Hall–Kier alpha value is -4.25. The van der Waals surface area contributed by atoms with Crippen LogP contribution in [0.25, 0.3) is 0 Å². The third-order valence-corrected chi connectivity index (χ3v) is 9.10. The first kappa shape index (κ1) is 41.2. The number of carbonyl (C=O) groups excluding carboxylic acids is 2. The molecule has 1 aromatic heterocycles. The van der Waals surface area contributed by atoms with E-state index in [2.05, 4.69) is 32.1 Å². The molecule has 3 saturated carbocycles. The molecule has 0 bridgehead atoms. The van der Waals surface area contributed by atoms with Crippen LogP contribution in [0.1, 0.15) is 55.2 Å². The lowest BCUT2D eigenvalue weighted by atomic mass is 9.95. The van der Waals surface area contributed by atoms with Crippen molar-refractivity contribution >= 4 is 52.7 Å². The zero-order valence-electron chi connectivity index (χ0n) is 26.6. The Bertz CT molecular complexity index is 1690. The number of nitrogens with zero attached hydrogens (tertiary/aromatic N) is 3. The van der Waals surface area contributed by atoms with Gasteiger partial charge in [-0.1, -0.05) is 71.2 Å². The fourth-order valence-corrected chi connectivity index (χ4v) is 5.37. The summed E-state index contributed by atoms with van der Waals surface area (Å²) in [6.07, 6.45) is 0.0528. The van der Waals surface area contributed by atoms with Crippen LogP contribution in [0.4, 0.5) is 17.6 Å². The summed E-state index contributed by atoms with van der Waals surface area (Å²) < 4.78 is 47.7. The van der Waals surface area contributed by atoms with Gasteiger partial charge in [0.05, 0.1) is 16.2 Å². The average molecular weight is 773 g/mol. The van der Waals surface area contributed by atoms with Gasteiger partial charge in [0.25, 0.3) is 0 Å². The molecular weight excluding hydrogens is 741 g/mol. The monoisotopic (exact) mass is 771 g/mol. The Morgan fingerprint density at radius 3 is 1.10 bits per heavy atom. The molecular formula is C33H32Cl3F4N7O4. The molecule has 0 aliphatic heterocycles. The first-order valence-corrected chi connectivity index (χ1v) is 16.1. The van der Waals surface area contributed by atoms with E-state index in [1.807, 2.05) is 12.1 Å². The normalized spacial score (nSPS) is 16.0. The SMILES string of the molecule is Fc1nc(F)nc(F)n1.NN.NNC(=O)C1(c2ccc(Cl)cc2)CC1.O=C(F)C1(c2ccc(Cl)cc2)CC1.O=C(O)C1(c2ccc(Cl)cc2)CC1. The number of hydrogen-bond donors (Lipinski definition) is 5. The predicted molar refractivity (Wildman–Crippen MR) is 181 cm³/mol. The first-order chi connectivity index (χ1) is 24.2. The fourth-order valence-electron chi connectivity index (χ4n) is 4.99. The summed E-state index contributed by atoms with van der Waals surface area (Å²) in [7, 11) is 0. The summed E-state index contributed by atoms with van der Waals surface area (Å²) in [5.74, 6) is 12.3. The minimum absolute atomic E-state index is 0.111. The molecule has 0 radical (unpaired) electrons. The number of amides is 1. The molecule has 1 heterocycles. The number of nitrogens with one attached hydrogen (secondary N) is 1. The lowest BCUT2D eigenvalue weighted by Gasteiger charge is -2.13. The third-order valence-electron chi connectivity index (χ3n) is 8.35. The van der Waals surface area contributed by atoms with Crippen LogP contribution < -0.4 is 23.0 Å². The van der Waals surface area contributed by atoms with Gasteiger partial charge in [0.15, 0.2) is 0 Å². The van der Waals surface area contributed by atoms with E-state index < -0.39 is 41.1 Å². The van der Waals surface area contributed by atoms with Gasteiger partial charge in [-0.15, -0.1) is 0 Å². The first-order valence-electron chi connectivity index (χ1n) is 15.0. The third kappa shape index (κ3) is 10.6. The number of rotatable bonds is 6. The Morgan fingerprint density at radius 1 is 0.588 bits per heavy atom. The summed E-state index contributed by atoms with van der Waals surface area (Å²) in [6.45, 7) is 0. The number of hydrazine groups is 2. The molecule has 11 nitrogen and oxygen atoms in total. The van der Waals surface area contributed by atoms with Crippen LogP contribution in [0, 0.1) is 18.2 Å². The van der Waals surface area contributed by atoms with E-state index in [1.165, 1.54) is 0 Å². The van der Waals surface area contributed by atoms with Crippen LogP contribution in [-0.2, 0) is 30.6 Å². The van der Waals surface area contributed by atoms with Crippen molar-refractivity contribution in [1.29, 1.82) is 0 Å². The molecule has 0 atom stereocenters. The highest BCUT2D eigenvalue weighted by Crippen LogP contribution is 2.50. The number of carboxylic acid groups (broad SMARTS) is 1. The van der Waals surface area contributed by atoms with Gasteiger partial charge in [0.1, 0.15) is 0 Å². The molecule has 0 saturated heterocycles. The standard InChI is InChI=1S/C10H8ClFO.C10H11ClN2O.C10H9ClO2.C3F3N3.H4N2/c11-8-3-1-7(2-4-8)10(5-6-10)9(12)13;11-8-3-1-7(2-4-8)10(5-6-10)9(14)13-12;11-8-3-1-7(2-4-8)10(5-6-10)9(12)13;4-1-7-2(5)9-3(6)8-1;1-2/h1-4H,5-6H2;1-4H,5-6,12H2,(H,13,14);1-4H,5-6H2,(H,12,13);;1-2H2. The van der Waals surface area contributed by atoms with Crippen molar-refractivity contribution in [3.05, 3.63) is 123 Å². The number of hydrogen-bond acceptors (Lipinski definition) is 9. The van der Waals surface area contributed by atoms with Gasteiger partial charge in [-0.2, -0.15) is 32.5 Å². The zero-order valence-corrected chi connectivity index (χ0v) is 28.8. The molecule has 3 aromatic carbocycles. The summed E-state index contributed by atoms with van der Waals surface area (Å²) in [5.41, 5.74) is 2.98. The van der Waals surface area contributed by atoms with Crippen molar-refractivity contribution in [2.45, 2.75) is 54.8 Å². The molecule has 3 fully saturated rings. The molecule has 272 valence electrons. The molecule has 4 aromatic rings. The highest BCUT2D eigenvalue weighted by Gasteiger charge is 2.53. The van der Waals surface area contributed by atoms with Crippen molar-refractivity contribution < 1.29 is 37.1 Å². The van der Waals surface area contributed by atoms with E-state index in [9.17, 15) is 31.9 Å². The van der Waals surface area contributed by atoms with Crippen molar-refractivity contribution in [2.75, 3.05) is 0 Å². The van der Waals surface area contributed by atoms with Crippen molar-refractivity contribution in [2.24, 2.45) is 17.5 Å². The minimum atomic E-state index is -1.46. The highest BCUT2D eigenvalue weighted by atomic mass is 35.5. The summed E-state index contributed by atoms with van der Waals surface area (Å²) >= 11 is 17.2. The van der Waals surface area contributed by atoms with Gasteiger partial charge < -0.3 is 5.11 Å². The van der Waals surface area contributed by atoms with E-state index in [0.717, 1.165) is 42.4 Å². The molecule has 0 unspecified atom stereocenters. The second kappa shape index (κ2) is 17.8. The summed E-state index contributed by atoms with van der Waals surface area (Å²) in [6, 6.07) is 20.0. The molecule has 3 aliphatic rings. The number of aromatic nitrogens is 3. The van der Waals surface area contributed by atoms with Crippen molar-refractivity contribution in [3.8, 4) is 0 Å². The van der Waals surface area contributed by atoms with Crippen molar-refractivity contribution in [3.63, 3.8) is 0 Å². The van der Waals surface area contributed by atoms with E-state index in [4.69, 9.17) is 45.8 Å². The fraction of sp³-hybridized carbons (Fsp3) is 0.273. The highest BCUT2D eigenvalue weighted by molar-refractivity contribution is 6.31. The Morgan fingerprint density at radius 2 is 0.863 bits per heavy atom. The zero-order chi connectivity index (χ0) is 38.0. The lowest BCUT2D eigenvalue weighted by molar-refractivity contribution is -0.140. The Labute approximate surface area is 304 Å². The largest absolute Gasteiger partial charge is 0.481 e. The topological polar surface area (TPSA) is 200 Å². The Kier molecular flexibility index (Phi) is 14.4. The van der Waals surface area contributed by atoms with Gasteiger partial charge in [-0.25, -0.2) is 5.84 Å². The molecule has 1 amide bonds. The maximum Gasteiger partial charge on any atom is 0.316 e. The number of nitrogens with two attached hydrogens (primary N) is 3. The van der Waals surface area contributed by atoms with Crippen LogP contribution in [0.2, 0.25) is 15.1 Å². The number of benzene rings is 3. The van der Waals surface area contributed by atoms with Gasteiger partial charge in [0.2, 0.25) is 5.91 Å². The van der Waals surface area contributed by atoms with Crippen LogP contribution in [-0.4, -0.2) is 38.0 Å². The molecule has 18 heteroatoms. The summed E-state index contributed by atoms with van der Waals surface area (Å²) in [4.78, 5) is 40.5.